The van der Waals surface area contributed by atoms with Crippen LogP contribution in [0, 0.1) is 46.3 Å². The molecule has 0 aromatic heterocycles. The molecule has 8 atom stereocenters. The fourth-order valence-electron chi connectivity index (χ4n) is 8.21. The Kier molecular flexibility index (Phi) is 3.87. The summed E-state index contributed by atoms with van der Waals surface area (Å²) in [4.78, 5) is 24.5. The topological polar surface area (TPSA) is 34.1 Å². The molecule has 0 radical (unpaired) electrons. The lowest BCUT2D eigenvalue weighted by atomic mass is 9.45. The van der Waals surface area contributed by atoms with Crippen molar-refractivity contribution in [2.75, 3.05) is 0 Å². The molecule has 0 aromatic rings. The highest BCUT2D eigenvalue weighted by Crippen LogP contribution is 2.68. The highest BCUT2D eigenvalue weighted by Gasteiger charge is 2.62. The van der Waals surface area contributed by atoms with Gasteiger partial charge >= 0.3 is 0 Å². The summed E-state index contributed by atoms with van der Waals surface area (Å²) in [5.41, 5.74) is 1.87. The second kappa shape index (κ2) is 5.54. The first-order valence-electron chi connectivity index (χ1n) is 10.4. The molecule has 0 aromatic carbocycles. The molecule has 3 saturated carbocycles. The number of ketones is 2. The third kappa shape index (κ3) is 2.28. The molecule has 4 aliphatic carbocycles. The molecule has 0 spiro atoms. The van der Waals surface area contributed by atoms with Gasteiger partial charge in [-0.25, -0.2) is 0 Å². The van der Waals surface area contributed by atoms with Crippen molar-refractivity contribution < 1.29 is 9.59 Å². The van der Waals surface area contributed by atoms with E-state index in [0.29, 0.717) is 35.2 Å². The van der Waals surface area contributed by atoms with Crippen LogP contribution in [0.2, 0.25) is 0 Å². The van der Waals surface area contributed by atoms with Gasteiger partial charge in [0.25, 0.3) is 0 Å². The van der Waals surface area contributed by atoms with Gasteiger partial charge in [0.15, 0.2) is 5.78 Å². The molecular formula is C23H34O2. The number of carbonyl (C=O) groups excluding carboxylic acids is 2. The average molecular weight is 343 g/mol. The lowest BCUT2D eigenvalue weighted by Gasteiger charge is -2.59. The predicted molar refractivity (Wildman–Crippen MR) is 100.0 cm³/mol. The fraction of sp³-hybridized carbons (Fsp3) is 0.826. The first-order valence-corrected chi connectivity index (χ1v) is 10.4. The Morgan fingerprint density at radius 2 is 1.84 bits per heavy atom. The minimum atomic E-state index is 0.203. The molecule has 3 fully saturated rings. The molecule has 0 unspecified atom stereocenters. The Balaban J connectivity index is 1.73. The number of hydrogen-bond acceptors (Lipinski definition) is 2. The monoisotopic (exact) mass is 342 g/mol. The van der Waals surface area contributed by atoms with E-state index in [1.165, 1.54) is 31.3 Å². The smallest absolute Gasteiger partial charge is 0.155 e. The van der Waals surface area contributed by atoms with Gasteiger partial charge in [-0.3, -0.25) is 9.59 Å². The molecule has 4 aliphatic rings. The number of rotatable bonds is 1. The Hall–Kier alpha value is -0.920. The van der Waals surface area contributed by atoms with Crippen LogP contribution < -0.4 is 0 Å². The summed E-state index contributed by atoms with van der Waals surface area (Å²) >= 11 is 0. The summed E-state index contributed by atoms with van der Waals surface area (Å²) in [6, 6.07) is 0. The standard InChI is InChI=1S/C23H34O2/c1-13-10-17-18(22(4)8-6-16(25)12-19(13)22)7-9-23(5)20(17)11-14(2)21(23)15(3)24/h12-14,17-18,20-21H,6-11H2,1-5H3/t13-,14-,17-,18+,20+,21-,22-,23+/m1/s1. The van der Waals surface area contributed by atoms with Gasteiger partial charge in [-0.15, -0.1) is 0 Å². The second-order valence-electron chi connectivity index (χ2n) is 10.3. The largest absolute Gasteiger partial charge is 0.300 e. The maximum Gasteiger partial charge on any atom is 0.155 e. The maximum absolute atomic E-state index is 12.4. The lowest BCUT2D eigenvalue weighted by molar-refractivity contribution is -0.130. The van der Waals surface area contributed by atoms with Gasteiger partial charge in [0, 0.05) is 12.3 Å². The van der Waals surface area contributed by atoms with Crippen molar-refractivity contribution in [2.45, 2.75) is 73.1 Å². The third-order valence-electron chi connectivity index (χ3n) is 9.06. The molecule has 0 N–H and O–H groups in total. The van der Waals surface area contributed by atoms with E-state index >= 15 is 0 Å². The molecular weight excluding hydrogens is 308 g/mol. The zero-order valence-corrected chi connectivity index (χ0v) is 16.6. The van der Waals surface area contributed by atoms with Crippen LogP contribution in [0.1, 0.15) is 73.1 Å². The second-order valence-corrected chi connectivity index (χ2v) is 10.3. The number of Topliss-reactive ketones (excluding diaryl/α,β-unsaturated/α-hetero) is 1. The first kappa shape index (κ1) is 17.5. The Morgan fingerprint density at radius 1 is 1.12 bits per heavy atom. The van der Waals surface area contributed by atoms with Crippen LogP contribution in [-0.4, -0.2) is 11.6 Å². The molecule has 2 nitrogen and oxygen atoms in total. The zero-order chi connectivity index (χ0) is 18.1. The van der Waals surface area contributed by atoms with Gasteiger partial charge in [-0.2, -0.15) is 0 Å². The Labute approximate surface area is 152 Å². The molecule has 4 rings (SSSR count). The minimum Gasteiger partial charge on any atom is -0.300 e. The van der Waals surface area contributed by atoms with E-state index in [0.717, 1.165) is 18.8 Å². The lowest BCUT2D eigenvalue weighted by Crippen LogP contribution is -2.52. The van der Waals surface area contributed by atoms with Gasteiger partial charge < -0.3 is 0 Å². The van der Waals surface area contributed by atoms with Crippen LogP contribution in [0.15, 0.2) is 11.6 Å². The van der Waals surface area contributed by atoms with E-state index in [2.05, 4.69) is 27.7 Å². The van der Waals surface area contributed by atoms with Crippen LogP contribution in [0.4, 0.5) is 0 Å². The highest BCUT2D eigenvalue weighted by molar-refractivity contribution is 5.91. The van der Waals surface area contributed by atoms with E-state index in [-0.39, 0.29) is 16.7 Å². The number of allylic oxidation sites excluding steroid dienone is 1. The number of fused-ring (bicyclic) bond motifs is 5. The number of carbonyl (C=O) groups is 2. The summed E-state index contributed by atoms with van der Waals surface area (Å²) in [6.45, 7) is 11.3. The summed E-state index contributed by atoms with van der Waals surface area (Å²) < 4.78 is 0. The van der Waals surface area contributed by atoms with Crippen LogP contribution >= 0.6 is 0 Å². The van der Waals surface area contributed by atoms with Crippen molar-refractivity contribution in [3.63, 3.8) is 0 Å². The zero-order valence-electron chi connectivity index (χ0n) is 16.6. The predicted octanol–water partition coefficient (Wildman–Crippen LogP) is 5.22. The fourth-order valence-corrected chi connectivity index (χ4v) is 8.21. The van der Waals surface area contributed by atoms with Crippen LogP contribution in [0.3, 0.4) is 0 Å². The average Bonchev–Trinajstić information content (AvgIpc) is 2.80. The van der Waals surface area contributed by atoms with E-state index in [1.54, 1.807) is 0 Å². The normalized spacial score (nSPS) is 52.0. The Morgan fingerprint density at radius 3 is 2.52 bits per heavy atom. The SMILES string of the molecule is CC(=O)[C@H]1[C@H](C)C[C@H]2[C@@H]3C[C@@H](C)C4=CC(=O)CC[C@]4(C)[C@H]3CC[C@@]21C. The number of hydrogen-bond donors (Lipinski definition) is 0. The van der Waals surface area contributed by atoms with E-state index in [1.807, 2.05) is 13.0 Å². The molecule has 0 bridgehead atoms. The quantitative estimate of drug-likeness (QED) is 0.655. The summed E-state index contributed by atoms with van der Waals surface area (Å²) in [5, 5.41) is 0. The third-order valence-corrected chi connectivity index (χ3v) is 9.06. The van der Waals surface area contributed by atoms with Gasteiger partial charge in [0.1, 0.15) is 5.78 Å². The molecule has 2 heteroatoms. The summed E-state index contributed by atoms with van der Waals surface area (Å²) in [5.74, 6) is 4.18. The van der Waals surface area contributed by atoms with Crippen molar-refractivity contribution in [1.29, 1.82) is 0 Å². The van der Waals surface area contributed by atoms with Crippen LogP contribution in [0.25, 0.3) is 0 Å². The molecule has 25 heavy (non-hydrogen) atoms. The van der Waals surface area contributed by atoms with Crippen molar-refractivity contribution in [2.24, 2.45) is 46.3 Å². The minimum absolute atomic E-state index is 0.203. The van der Waals surface area contributed by atoms with E-state index in [4.69, 9.17) is 0 Å². The van der Waals surface area contributed by atoms with Gasteiger partial charge in [0.05, 0.1) is 0 Å². The Bertz CT molecular complexity index is 646. The van der Waals surface area contributed by atoms with Crippen molar-refractivity contribution in [1.82, 2.24) is 0 Å². The van der Waals surface area contributed by atoms with E-state index in [9.17, 15) is 9.59 Å². The summed E-state index contributed by atoms with van der Waals surface area (Å²) in [6.07, 6.45) is 8.65. The van der Waals surface area contributed by atoms with Gasteiger partial charge in [0.2, 0.25) is 0 Å². The first-order chi connectivity index (χ1) is 11.7. The summed E-state index contributed by atoms with van der Waals surface area (Å²) in [7, 11) is 0. The van der Waals surface area contributed by atoms with Crippen molar-refractivity contribution in [3.8, 4) is 0 Å². The van der Waals surface area contributed by atoms with Crippen molar-refractivity contribution >= 4 is 11.6 Å². The highest BCUT2D eigenvalue weighted by atomic mass is 16.1. The van der Waals surface area contributed by atoms with E-state index < -0.39 is 0 Å². The van der Waals surface area contributed by atoms with Gasteiger partial charge in [-0.05, 0) is 85.5 Å². The van der Waals surface area contributed by atoms with Crippen LogP contribution in [0.5, 0.6) is 0 Å². The molecule has 0 heterocycles. The van der Waals surface area contributed by atoms with Crippen LogP contribution in [-0.2, 0) is 9.59 Å². The molecule has 0 saturated heterocycles. The maximum atomic E-state index is 12.4. The van der Waals surface area contributed by atoms with Gasteiger partial charge in [-0.1, -0.05) is 33.3 Å². The molecule has 0 amide bonds. The molecule has 0 aliphatic heterocycles. The molecule has 138 valence electrons. The van der Waals surface area contributed by atoms with Crippen molar-refractivity contribution in [3.05, 3.63) is 11.6 Å².